The molecule has 0 fully saturated rings. The molecule has 0 aliphatic carbocycles. The Morgan fingerprint density at radius 2 is 2.05 bits per heavy atom. The summed E-state index contributed by atoms with van der Waals surface area (Å²) in [5.41, 5.74) is 2.57. The Labute approximate surface area is 130 Å². The van der Waals surface area contributed by atoms with Crippen LogP contribution < -0.4 is 10.1 Å². The van der Waals surface area contributed by atoms with E-state index >= 15 is 0 Å². The molecular formula is C17H23NO2S. The minimum absolute atomic E-state index is 0.267. The molecule has 0 saturated heterocycles. The summed E-state index contributed by atoms with van der Waals surface area (Å²) in [6.07, 6.45) is 0.974. The van der Waals surface area contributed by atoms with Crippen molar-refractivity contribution in [3.8, 4) is 5.75 Å². The van der Waals surface area contributed by atoms with Crippen LogP contribution in [0.25, 0.3) is 0 Å². The van der Waals surface area contributed by atoms with Crippen molar-refractivity contribution in [1.82, 2.24) is 5.32 Å². The van der Waals surface area contributed by atoms with Gasteiger partial charge < -0.3 is 14.8 Å². The van der Waals surface area contributed by atoms with Gasteiger partial charge in [-0.1, -0.05) is 25.1 Å². The highest BCUT2D eigenvalue weighted by atomic mass is 32.1. The number of likely N-dealkylation sites (N-methyl/N-ethyl adjacent to an activating group) is 1. The lowest BCUT2D eigenvalue weighted by Crippen LogP contribution is -2.23. The van der Waals surface area contributed by atoms with E-state index in [1.54, 1.807) is 18.4 Å². The van der Waals surface area contributed by atoms with E-state index in [4.69, 9.17) is 9.47 Å². The molecule has 114 valence electrons. The van der Waals surface area contributed by atoms with Gasteiger partial charge in [0, 0.05) is 18.7 Å². The first-order valence-electron chi connectivity index (χ1n) is 7.30. The first kappa shape index (κ1) is 16.0. The topological polar surface area (TPSA) is 30.5 Å². The van der Waals surface area contributed by atoms with Crippen LogP contribution in [-0.4, -0.2) is 26.9 Å². The van der Waals surface area contributed by atoms with Gasteiger partial charge >= 0.3 is 0 Å². The zero-order chi connectivity index (χ0) is 14.9. The maximum Gasteiger partial charge on any atom is 0.124 e. The van der Waals surface area contributed by atoms with Crippen molar-refractivity contribution >= 4 is 11.3 Å². The van der Waals surface area contributed by atoms with Crippen LogP contribution in [0, 0.1) is 0 Å². The van der Waals surface area contributed by atoms with E-state index < -0.39 is 0 Å². The molecule has 1 aromatic heterocycles. The third-order valence-electron chi connectivity index (χ3n) is 3.31. The smallest absolute Gasteiger partial charge is 0.124 e. The number of hydrogen-bond acceptors (Lipinski definition) is 4. The van der Waals surface area contributed by atoms with Gasteiger partial charge in [0.15, 0.2) is 0 Å². The van der Waals surface area contributed by atoms with Crippen LogP contribution in [0.15, 0.2) is 41.1 Å². The normalized spacial score (nSPS) is 12.3. The second-order valence-corrected chi connectivity index (χ2v) is 5.61. The average Bonchev–Trinajstić information content (AvgIpc) is 3.01. The van der Waals surface area contributed by atoms with Crippen LogP contribution in [0.3, 0.4) is 0 Å². The molecule has 1 N–H and O–H groups in total. The number of nitrogens with one attached hydrogen (secondary N) is 1. The minimum atomic E-state index is 0.267. The fraction of sp³-hybridized carbons (Fsp3) is 0.412. The Hall–Kier alpha value is -1.36. The molecule has 1 heterocycles. The number of para-hydroxylation sites is 1. The molecule has 21 heavy (non-hydrogen) atoms. The van der Waals surface area contributed by atoms with Crippen molar-refractivity contribution < 1.29 is 9.47 Å². The van der Waals surface area contributed by atoms with Gasteiger partial charge in [-0.25, -0.2) is 0 Å². The van der Waals surface area contributed by atoms with Crippen LogP contribution in [0.4, 0.5) is 0 Å². The van der Waals surface area contributed by atoms with E-state index in [0.717, 1.165) is 18.7 Å². The van der Waals surface area contributed by atoms with Gasteiger partial charge in [-0.15, -0.1) is 0 Å². The molecule has 2 rings (SSSR count). The summed E-state index contributed by atoms with van der Waals surface area (Å²) in [7, 11) is 1.69. The van der Waals surface area contributed by atoms with Crippen LogP contribution in [0.1, 0.15) is 24.1 Å². The van der Waals surface area contributed by atoms with Gasteiger partial charge in [-0.05, 0) is 41.4 Å². The van der Waals surface area contributed by atoms with Crippen molar-refractivity contribution in [2.45, 2.75) is 19.4 Å². The molecule has 0 aliphatic heterocycles. The third kappa shape index (κ3) is 4.84. The largest absolute Gasteiger partial charge is 0.491 e. The van der Waals surface area contributed by atoms with E-state index in [2.05, 4.69) is 41.2 Å². The number of rotatable bonds is 9. The lowest BCUT2D eigenvalue weighted by atomic mass is 9.99. The molecule has 4 heteroatoms. The zero-order valence-electron chi connectivity index (χ0n) is 12.7. The maximum absolute atomic E-state index is 5.86. The van der Waals surface area contributed by atoms with Gasteiger partial charge in [-0.3, -0.25) is 0 Å². The maximum atomic E-state index is 5.86. The summed E-state index contributed by atoms with van der Waals surface area (Å²) >= 11 is 1.74. The second kappa shape index (κ2) is 8.82. The zero-order valence-corrected chi connectivity index (χ0v) is 13.5. The predicted molar refractivity (Wildman–Crippen MR) is 88.3 cm³/mol. The highest BCUT2D eigenvalue weighted by molar-refractivity contribution is 7.07. The lowest BCUT2D eigenvalue weighted by Gasteiger charge is -2.21. The molecular weight excluding hydrogens is 282 g/mol. The summed E-state index contributed by atoms with van der Waals surface area (Å²) in [5.74, 6) is 0.940. The fourth-order valence-electron chi connectivity index (χ4n) is 2.32. The second-order valence-electron chi connectivity index (χ2n) is 4.83. The number of hydrogen-bond donors (Lipinski definition) is 1. The number of ether oxygens (including phenoxy) is 2. The quantitative estimate of drug-likeness (QED) is 0.717. The van der Waals surface area contributed by atoms with Gasteiger partial charge in [0.2, 0.25) is 0 Å². The van der Waals surface area contributed by atoms with Crippen molar-refractivity contribution in [2.75, 3.05) is 26.9 Å². The summed E-state index contributed by atoms with van der Waals surface area (Å²) in [6, 6.07) is 10.7. The molecule has 0 saturated carbocycles. The Morgan fingerprint density at radius 3 is 2.76 bits per heavy atom. The van der Waals surface area contributed by atoms with Gasteiger partial charge in [0.1, 0.15) is 12.4 Å². The first-order valence-corrected chi connectivity index (χ1v) is 8.24. The monoisotopic (exact) mass is 305 g/mol. The molecule has 3 nitrogen and oxygen atoms in total. The Bertz CT molecular complexity index is 513. The van der Waals surface area contributed by atoms with Gasteiger partial charge in [0.05, 0.1) is 6.61 Å². The summed E-state index contributed by atoms with van der Waals surface area (Å²) in [4.78, 5) is 0. The van der Waals surface area contributed by atoms with Crippen LogP contribution in [0.2, 0.25) is 0 Å². The van der Waals surface area contributed by atoms with Crippen molar-refractivity contribution in [2.24, 2.45) is 0 Å². The number of methoxy groups -OCH3 is 1. The molecule has 0 radical (unpaired) electrons. The van der Waals surface area contributed by atoms with Crippen molar-refractivity contribution in [3.63, 3.8) is 0 Å². The summed E-state index contributed by atoms with van der Waals surface area (Å²) < 4.78 is 10.9. The number of benzene rings is 1. The van der Waals surface area contributed by atoms with E-state index in [1.807, 2.05) is 12.1 Å². The Kier molecular flexibility index (Phi) is 6.73. The van der Waals surface area contributed by atoms with E-state index in [1.165, 1.54) is 11.1 Å². The highest BCUT2D eigenvalue weighted by Gasteiger charge is 2.16. The molecule has 0 bridgehead atoms. The summed E-state index contributed by atoms with van der Waals surface area (Å²) in [5, 5.41) is 7.89. The first-order chi connectivity index (χ1) is 10.3. The SMILES string of the molecule is CCNC(Cc1ccsc1)c1ccccc1OCCOC. The lowest BCUT2D eigenvalue weighted by molar-refractivity contribution is 0.145. The summed E-state index contributed by atoms with van der Waals surface area (Å²) in [6.45, 7) is 4.24. The molecule has 1 atom stereocenters. The highest BCUT2D eigenvalue weighted by Crippen LogP contribution is 2.28. The van der Waals surface area contributed by atoms with E-state index in [9.17, 15) is 0 Å². The van der Waals surface area contributed by atoms with Gasteiger partial charge in [-0.2, -0.15) is 11.3 Å². The molecule has 0 spiro atoms. The van der Waals surface area contributed by atoms with Crippen molar-refractivity contribution in [1.29, 1.82) is 0 Å². The molecule has 2 aromatic rings. The van der Waals surface area contributed by atoms with Crippen molar-refractivity contribution in [3.05, 3.63) is 52.2 Å². The van der Waals surface area contributed by atoms with Crippen LogP contribution in [0.5, 0.6) is 5.75 Å². The predicted octanol–water partition coefficient (Wildman–Crippen LogP) is 3.67. The molecule has 0 amide bonds. The van der Waals surface area contributed by atoms with E-state index in [-0.39, 0.29) is 6.04 Å². The standard InChI is InChI=1S/C17H23NO2S/c1-3-18-16(12-14-8-11-21-13-14)15-6-4-5-7-17(15)20-10-9-19-2/h4-8,11,13,16,18H,3,9-10,12H2,1-2H3. The molecule has 1 unspecified atom stereocenters. The molecule has 1 aromatic carbocycles. The number of thiophene rings is 1. The average molecular weight is 305 g/mol. The molecule has 0 aliphatic rings. The van der Waals surface area contributed by atoms with Gasteiger partial charge in [0.25, 0.3) is 0 Å². The Balaban J connectivity index is 2.14. The Morgan fingerprint density at radius 1 is 1.19 bits per heavy atom. The van der Waals surface area contributed by atoms with Crippen LogP contribution >= 0.6 is 11.3 Å². The van der Waals surface area contributed by atoms with E-state index in [0.29, 0.717) is 13.2 Å². The minimum Gasteiger partial charge on any atom is -0.491 e. The fourth-order valence-corrected chi connectivity index (χ4v) is 3.00. The van der Waals surface area contributed by atoms with Crippen LogP contribution in [-0.2, 0) is 11.2 Å². The third-order valence-corrected chi connectivity index (χ3v) is 4.04.